The number of anilines is 1. The van der Waals surface area contributed by atoms with E-state index in [1.807, 2.05) is 53.2 Å². The van der Waals surface area contributed by atoms with Gasteiger partial charge in [0.05, 0.1) is 17.8 Å². The smallest absolute Gasteiger partial charge is 0.232 e. The number of rotatable bonds is 5. The molecule has 1 N–H and O–H groups in total. The number of pyridine rings is 1. The van der Waals surface area contributed by atoms with Crippen LogP contribution in [-0.2, 0) is 11.2 Å². The van der Waals surface area contributed by atoms with Gasteiger partial charge in [-0.2, -0.15) is 0 Å². The van der Waals surface area contributed by atoms with Crippen LogP contribution in [0.2, 0.25) is 5.02 Å². The molecule has 0 bridgehead atoms. The molecule has 134 valence electrons. The average molecular weight is 413 g/mol. The lowest BCUT2D eigenvalue weighted by Crippen LogP contribution is -2.14. The lowest BCUT2D eigenvalue weighted by Gasteiger charge is -1.99. The van der Waals surface area contributed by atoms with Crippen molar-refractivity contribution in [1.29, 1.82) is 0 Å². The molecule has 4 aromatic rings. The third-order valence-electron chi connectivity index (χ3n) is 3.66. The van der Waals surface area contributed by atoms with Crippen LogP contribution in [0.1, 0.15) is 5.69 Å². The van der Waals surface area contributed by atoms with E-state index in [4.69, 9.17) is 11.6 Å². The zero-order valence-corrected chi connectivity index (χ0v) is 16.3. The largest absolute Gasteiger partial charge is 0.302 e. The summed E-state index contributed by atoms with van der Waals surface area (Å²) >= 11 is 8.79. The second-order valence-electron chi connectivity index (χ2n) is 5.63. The number of nitrogens with zero attached hydrogens (tertiary/aromatic N) is 3. The lowest BCUT2D eigenvalue weighted by molar-refractivity contribution is -0.115. The van der Waals surface area contributed by atoms with Gasteiger partial charge in [0.1, 0.15) is 10.7 Å². The first-order valence-electron chi connectivity index (χ1n) is 8.04. The number of carbonyl (C=O) groups is 1. The Morgan fingerprint density at radius 3 is 2.63 bits per heavy atom. The van der Waals surface area contributed by atoms with Crippen molar-refractivity contribution in [3.8, 4) is 22.0 Å². The number of halogens is 1. The molecule has 0 saturated heterocycles. The lowest BCUT2D eigenvalue weighted by atomic mass is 10.2. The van der Waals surface area contributed by atoms with Crippen LogP contribution >= 0.6 is 34.3 Å². The molecule has 0 aliphatic rings. The molecule has 1 aromatic carbocycles. The van der Waals surface area contributed by atoms with Crippen molar-refractivity contribution < 1.29 is 4.79 Å². The molecular formula is C19H13ClN4OS2. The van der Waals surface area contributed by atoms with E-state index < -0.39 is 0 Å². The van der Waals surface area contributed by atoms with Gasteiger partial charge >= 0.3 is 0 Å². The number of aromatic nitrogens is 3. The molecule has 0 aliphatic carbocycles. The van der Waals surface area contributed by atoms with Gasteiger partial charge in [-0.3, -0.25) is 9.78 Å². The van der Waals surface area contributed by atoms with E-state index in [2.05, 4.69) is 20.3 Å². The predicted molar refractivity (Wildman–Crippen MR) is 110 cm³/mol. The van der Waals surface area contributed by atoms with Crippen molar-refractivity contribution in [2.24, 2.45) is 0 Å². The van der Waals surface area contributed by atoms with Crippen LogP contribution in [0, 0.1) is 0 Å². The second kappa shape index (κ2) is 7.96. The quantitative estimate of drug-likeness (QED) is 0.491. The van der Waals surface area contributed by atoms with Crippen molar-refractivity contribution in [2.75, 3.05) is 5.32 Å². The molecule has 0 radical (unpaired) electrons. The summed E-state index contributed by atoms with van der Waals surface area (Å²) in [5.74, 6) is -0.148. The van der Waals surface area contributed by atoms with E-state index in [0.717, 1.165) is 27.7 Å². The van der Waals surface area contributed by atoms with Crippen molar-refractivity contribution in [3.05, 3.63) is 70.1 Å². The van der Waals surface area contributed by atoms with Gasteiger partial charge in [-0.05, 0) is 24.3 Å². The van der Waals surface area contributed by atoms with Gasteiger partial charge in [-0.25, -0.2) is 9.97 Å². The fraction of sp³-hybridized carbons (Fsp3) is 0.0526. The van der Waals surface area contributed by atoms with Crippen molar-refractivity contribution in [1.82, 2.24) is 15.0 Å². The van der Waals surface area contributed by atoms with Crippen LogP contribution in [0.3, 0.4) is 0 Å². The summed E-state index contributed by atoms with van der Waals surface area (Å²) < 4.78 is 0. The highest BCUT2D eigenvalue weighted by molar-refractivity contribution is 7.14. The van der Waals surface area contributed by atoms with Gasteiger partial charge in [0, 0.05) is 27.5 Å². The molecule has 4 rings (SSSR count). The molecule has 0 atom stereocenters. The van der Waals surface area contributed by atoms with Crippen LogP contribution in [-0.4, -0.2) is 20.9 Å². The number of thiazole rings is 2. The minimum Gasteiger partial charge on any atom is -0.302 e. The second-order valence-corrected chi connectivity index (χ2v) is 7.78. The maximum Gasteiger partial charge on any atom is 0.232 e. The van der Waals surface area contributed by atoms with Gasteiger partial charge in [0.2, 0.25) is 5.91 Å². The van der Waals surface area contributed by atoms with Gasteiger partial charge in [-0.1, -0.05) is 29.8 Å². The molecule has 0 unspecified atom stereocenters. The van der Waals surface area contributed by atoms with E-state index in [9.17, 15) is 4.79 Å². The summed E-state index contributed by atoms with van der Waals surface area (Å²) in [6.07, 6.45) is 1.91. The minimum atomic E-state index is -0.148. The maximum absolute atomic E-state index is 12.3. The Balaban J connectivity index is 1.40. The van der Waals surface area contributed by atoms with E-state index >= 15 is 0 Å². The number of hydrogen-bond acceptors (Lipinski definition) is 6. The maximum atomic E-state index is 12.3. The monoisotopic (exact) mass is 412 g/mol. The Kier molecular flexibility index (Phi) is 5.24. The normalized spacial score (nSPS) is 10.7. The topological polar surface area (TPSA) is 67.8 Å². The molecule has 0 saturated carbocycles. The fourth-order valence-corrected chi connectivity index (χ4v) is 4.08. The van der Waals surface area contributed by atoms with Crippen LogP contribution in [0.4, 0.5) is 5.13 Å². The summed E-state index contributed by atoms with van der Waals surface area (Å²) in [7, 11) is 0. The van der Waals surface area contributed by atoms with Gasteiger partial charge < -0.3 is 5.32 Å². The Morgan fingerprint density at radius 2 is 1.85 bits per heavy atom. The summed E-state index contributed by atoms with van der Waals surface area (Å²) in [4.78, 5) is 25.5. The molecule has 0 spiro atoms. The average Bonchev–Trinajstić information content (AvgIpc) is 3.33. The highest BCUT2D eigenvalue weighted by atomic mass is 35.5. The van der Waals surface area contributed by atoms with Gasteiger partial charge in [0.15, 0.2) is 5.13 Å². The fourth-order valence-electron chi connectivity index (χ4n) is 2.40. The first-order valence-corrected chi connectivity index (χ1v) is 10.2. The van der Waals surface area contributed by atoms with Crippen LogP contribution in [0.25, 0.3) is 22.0 Å². The third kappa shape index (κ3) is 4.39. The molecule has 1 amide bonds. The third-order valence-corrected chi connectivity index (χ3v) is 5.61. The summed E-state index contributed by atoms with van der Waals surface area (Å²) in [5.41, 5.74) is 3.23. The molecule has 0 aliphatic heterocycles. The summed E-state index contributed by atoms with van der Waals surface area (Å²) in [6, 6.07) is 13.1. The van der Waals surface area contributed by atoms with E-state index in [1.165, 1.54) is 22.7 Å². The Labute approximate surface area is 168 Å². The highest BCUT2D eigenvalue weighted by Gasteiger charge is 2.12. The molecule has 8 heteroatoms. The summed E-state index contributed by atoms with van der Waals surface area (Å²) in [6.45, 7) is 0. The van der Waals surface area contributed by atoms with Crippen LogP contribution in [0.15, 0.2) is 59.4 Å². The molecular weight excluding hydrogens is 400 g/mol. The Hall–Kier alpha value is -2.61. The molecule has 3 heterocycles. The minimum absolute atomic E-state index is 0.148. The molecule has 0 fully saturated rings. The van der Waals surface area contributed by atoms with Crippen molar-refractivity contribution >= 4 is 45.3 Å². The number of hydrogen-bond donors (Lipinski definition) is 1. The molecule has 5 nitrogen and oxygen atoms in total. The molecule has 3 aromatic heterocycles. The van der Waals surface area contributed by atoms with Crippen LogP contribution < -0.4 is 5.32 Å². The highest BCUT2D eigenvalue weighted by Crippen LogP contribution is 2.26. The number of nitrogens with one attached hydrogen (secondary N) is 1. The number of benzene rings is 1. The SMILES string of the molecule is O=C(Cc1csc(-c2ccc(Cl)cc2)n1)Nc1nc(-c2ccccn2)cs1. The van der Waals surface area contributed by atoms with Gasteiger partial charge in [-0.15, -0.1) is 22.7 Å². The van der Waals surface area contributed by atoms with E-state index in [0.29, 0.717) is 10.2 Å². The predicted octanol–water partition coefficient (Wildman–Crippen LogP) is 5.16. The Morgan fingerprint density at radius 1 is 1.00 bits per heavy atom. The van der Waals surface area contributed by atoms with Crippen LogP contribution in [0.5, 0.6) is 0 Å². The van der Waals surface area contributed by atoms with E-state index in [1.54, 1.807) is 6.20 Å². The van der Waals surface area contributed by atoms with Crippen molar-refractivity contribution in [3.63, 3.8) is 0 Å². The van der Waals surface area contributed by atoms with E-state index in [-0.39, 0.29) is 12.3 Å². The first-order chi connectivity index (χ1) is 13.2. The summed E-state index contributed by atoms with van der Waals surface area (Å²) in [5, 5.41) is 8.69. The number of carbonyl (C=O) groups excluding carboxylic acids is 1. The van der Waals surface area contributed by atoms with Gasteiger partial charge in [0.25, 0.3) is 0 Å². The molecule has 27 heavy (non-hydrogen) atoms. The zero-order valence-electron chi connectivity index (χ0n) is 13.9. The first kappa shape index (κ1) is 17.8. The Bertz CT molecular complexity index is 1060. The zero-order chi connectivity index (χ0) is 18.6. The standard InChI is InChI=1S/C19H13ClN4OS2/c20-13-6-4-12(5-7-13)18-22-14(10-26-18)9-17(25)24-19-23-16(11-27-19)15-3-1-2-8-21-15/h1-8,10-11H,9H2,(H,23,24,25). The number of amides is 1. The van der Waals surface area contributed by atoms with Crippen molar-refractivity contribution in [2.45, 2.75) is 6.42 Å².